The van der Waals surface area contributed by atoms with Crippen LogP contribution in [-0.2, 0) is 22.0 Å². The van der Waals surface area contributed by atoms with Gasteiger partial charge in [0.2, 0.25) is 11.7 Å². The first-order chi connectivity index (χ1) is 21.3. The van der Waals surface area contributed by atoms with Gasteiger partial charge in [-0.25, -0.2) is 13.2 Å². The summed E-state index contributed by atoms with van der Waals surface area (Å²) in [5, 5.41) is 9.91. The van der Waals surface area contributed by atoms with E-state index in [1.54, 1.807) is 48.5 Å². The normalized spacial score (nSPS) is 12.0. The number of ether oxygens (including phenoxy) is 1. The van der Waals surface area contributed by atoms with Crippen LogP contribution in [0.5, 0.6) is 5.75 Å². The number of hydrogen-bond acceptors (Lipinski definition) is 7. The fourth-order valence-corrected chi connectivity index (χ4v) is 5.87. The van der Waals surface area contributed by atoms with Crippen molar-refractivity contribution in [2.75, 3.05) is 11.9 Å². The molecule has 0 aliphatic carbocycles. The van der Waals surface area contributed by atoms with Crippen LogP contribution in [0, 0.1) is 6.92 Å². The van der Waals surface area contributed by atoms with E-state index in [0.717, 1.165) is 28.9 Å². The zero-order chi connectivity index (χ0) is 30.9. The summed E-state index contributed by atoms with van der Waals surface area (Å²) in [6.45, 7) is 4.60. The van der Waals surface area contributed by atoms with Gasteiger partial charge in [0.15, 0.2) is 9.84 Å². The lowest BCUT2D eigenvalue weighted by Crippen LogP contribution is -2.34. The van der Waals surface area contributed by atoms with Gasteiger partial charge in [-0.1, -0.05) is 72.2 Å². The second kappa shape index (κ2) is 14.0. The number of carbonyl (C=O) groups is 1. The van der Waals surface area contributed by atoms with Crippen LogP contribution < -0.4 is 15.4 Å². The van der Waals surface area contributed by atoms with Crippen molar-refractivity contribution in [3.63, 3.8) is 0 Å². The van der Waals surface area contributed by atoms with E-state index in [-0.39, 0.29) is 16.5 Å². The summed E-state index contributed by atoms with van der Waals surface area (Å²) in [5.41, 5.74) is 3.85. The SMILES string of the molecule is CCCOc1ccc(-c2noc([C@H](Cc3ccccc3)NC(=O)Nc3ccc(CS(=O)(=O)c4ccc(C)cc4)cc3)n2)cc1. The van der Waals surface area contributed by atoms with Gasteiger partial charge >= 0.3 is 6.03 Å². The van der Waals surface area contributed by atoms with E-state index in [4.69, 9.17) is 9.26 Å². The molecule has 0 radical (unpaired) electrons. The summed E-state index contributed by atoms with van der Waals surface area (Å²) >= 11 is 0. The minimum Gasteiger partial charge on any atom is -0.494 e. The summed E-state index contributed by atoms with van der Waals surface area (Å²) in [5.74, 6) is 1.29. The molecule has 1 atom stereocenters. The minimum absolute atomic E-state index is 0.143. The Balaban J connectivity index is 1.26. The summed E-state index contributed by atoms with van der Waals surface area (Å²) in [7, 11) is -3.50. The van der Waals surface area contributed by atoms with E-state index >= 15 is 0 Å². The number of nitrogens with zero attached hydrogens (tertiary/aromatic N) is 2. The first-order valence-corrected chi connectivity index (χ1v) is 16.0. The molecule has 0 spiro atoms. The standard InChI is InChI=1S/C34H34N4O5S/c1-3-21-42-29-17-13-27(14-18-29)32-37-33(43-38-32)31(22-25-7-5-4-6-8-25)36-34(39)35-28-15-11-26(12-16-28)23-44(40,41)30-19-9-24(2)10-20-30/h4-20,31H,3,21-23H2,1-2H3,(H2,35,36,39)/t31-/m0/s1. The van der Waals surface area contributed by atoms with Crippen LogP contribution in [-0.4, -0.2) is 31.2 Å². The Morgan fingerprint density at radius 1 is 0.886 bits per heavy atom. The summed E-state index contributed by atoms with van der Waals surface area (Å²) in [6, 6.07) is 29.6. The Hall–Kier alpha value is -4.96. The molecular formula is C34H34N4O5S. The van der Waals surface area contributed by atoms with E-state index < -0.39 is 21.9 Å². The van der Waals surface area contributed by atoms with Crippen LogP contribution in [0.3, 0.4) is 0 Å². The van der Waals surface area contributed by atoms with Crippen molar-refractivity contribution in [1.29, 1.82) is 0 Å². The molecule has 0 aliphatic heterocycles. The molecule has 0 aliphatic rings. The fraction of sp³-hybridized carbons (Fsp3) is 0.206. The maximum Gasteiger partial charge on any atom is 0.319 e. The topological polar surface area (TPSA) is 123 Å². The highest BCUT2D eigenvalue weighted by Crippen LogP contribution is 2.24. The number of benzene rings is 4. The minimum atomic E-state index is -3.50. The molecular weight excluding hydrogens is 576 g/mol. The van der Waals surface area contributed by atoms with Crippen molar-refractivity contribution in [3.8, 4) is 17.1 Å². The Bertz CT molecular complexity index is 1770. The van der Waals surface area contributed by atoms with Crippen LogP contribution in [0.4, 0.5) is 10.5 Å². The van der Waals surface area contributed by atoms with E-state index in [2.05, 4.69) is 20.8 Å². The maximum atomic E-state index is 13.1. The number of nitrogens with one attached hydrogen (secondary N) is 2. The predicted octanol–water partition coefficient (Wildman–Crippen LogP) is 6.91. The molecule has 2 amide bonds. The van der Waals surface area contributed by atoms with Crippen molar-refractivity contribution in [2.24, 2.45) is 0 Å². The predicted molar refractivity (Wildman–Crippen MR) is 169 cm³/mol. The molecule has 10 heteroatoms. The van der Waals surface area contributed by atoms with Crippen LogP contribution in [0.25, 0.3) is 11.4 Å². The van der Waals surface area contributed by atoms with E-state index in [0.29, 0.717) is 30.1 Å². The summed E-state index contributed by atoms with van der Waals surface area (Å²) in [4.78, 5) is 18.0. The van der Waals surface area contributed by atoms with Gasteiger partial charge in [-0.15, -0.1) is 0 Å². The molecule has 4 aromatic carbocycles. The molecule has 0 unspecified atom stereocenters. The number of rotatable bonds is 12. The third kappa shape index (κ3) is 8.11. The molecule has 44 heavy (non-hydrogen) atoms. The second-order valence-electron chi connectivity index (χ2n) is 10.4. The van der Waals surface area contributed by atoms with E-state index in [1.807, 2.05) is 68.4 Å². The quantitative estimate of drug-likeness (QED) is 0.157. The Kier molecular flexibility index (Phi) is 9.71. The van der Waals surface area contributed by atoms with Crippen LogP contribution in [0.1, 0.15) is 42.0 Å². The van der Waals surface area contributed by atoms with Crippen LogP contribution in [0.2, 0.25) is 0 Å². The molecule has 1 heterocycles. The zero-order valence-electron chi connectivity index (χ0n) is 24.6. The zero-order valence-corrected chi connectivity index (χ0v) is 25.4. The lowest BCUT2D eigenvalue weighted by atomic mass is 10.1. The van der Waals surface area contributed by atoms with Crippen molar-refractivity contribution >= 4 is 21.6 Å². The first-order valence-electron chi connectivity index (χ1n) is 14.4. The smallest absolute Gasteiger partial charge is 0.319 e. The van der Waals surface area contributed by atoms with Gasteiger partial charge in [0.05, 0.1) is 17.3 Å². The molecule has 9 nitrogen and oxygen atoms in total. The van der Waals surface area contributed by atoms with Gasteiger partial charge in [0.1, 0.15) is 11.8 Å². The van der Waals surface area contributed by atoms with Gasteiger partial charge in [-0.05, 0) is 73.0 Å². The van der Waals surface area contributed by atoms with Gasteiger partial charge in [-0.3, -0.25) is 0 Å². The average Bonchev–Trinajstić information content (AvgIpc) is 3.52. The molecule has 0 bridgehead atoms. The molecule has 226 valence electrons. The van der Waals surface area contributed by atoms with Gasteiger partial charge in [0.25, 0.3) is 0 Å². The number of carbonyl (C=O) groups excluding carboxylic acids is 1. The number of sulfone groups is 1. The molecule has 0 saturated heterocycles. The molecule has 1 aromatic heterocycles. The number of urea groups is 1. The van der Waals surface area contributed by atoms with E-state index in [9.17, 15) is 13.2 Å². The highest BCUT2D eigenvalue weighted by atomic mass is 32.2. The maximum absolute atomic E-state index is 13.1. The second-order valence-corrected chi connectivity index (χ2v) is 12.4. The molecule has 2 N–H and O–H groups in total. The third-order valence-electron chi connectivity index (χ3n) is 6.86. The Morgan fingerprint density at radius 3 is 2.27 bits per heavy atom. The average molecular weight is 611 g/mol. The summed E-state index contributed by atoms with van der Waals surface area (Å²) < 4.78 is 36.9. The molecule has 0 saturated carbocycles. The van der Waals surface area contributed by atoms with Gasteiger partial charge < -0.3 is 19.9 Å². The Morgan fingerprint density at radius 2 is 1.59 bits per heavy atom. The number of hydrogen-bond donors (Lipinski definition) is 2. The monoisotopic (exact) mass is 610 g/mol. The molecule has 0 fully saturated rings. The van der Waals surface area contributed by atoms with Crippen molar-refractivity contribution in [1.82, 2.24) is 15.5 Å². The largest absolute Gasteiger partial charge is 0.494 e. The lowest BCUT2D eigenvalue weighted by molar-refractivity contribution is 0.243. The number of aryl methyl sites for hydroxylation is 1. The molecule has 5 aromatic rings. The molecule has 5 rings (SSSR count). The highest BCUT2D eigenvalue weighted by molar-refractivity contribution is 7.90. The van der Waals surface area contributed by atoms with Crippen molar-refractivity contribution < 1.29 is 22.5 Å². The lowest BCUT2D eigenvalue weighted by Gasteiger charge is -2.16. The Labute approximate surface area is 257 Å². The van der Waals surface area contributed by atoms with Crippen molar-refractivity contribution in [3.05, 3.63) is 126 Å². The van der Waals surface area contributed by atoms with Crippen LogP contribution >= 0.6 is 0 Å². The fourth-order valence-electron chi connectivity index (χ4n) is 4.52. The van der Waals surface area contributed by atoms with E-state index in [1.165, 1.54) is 0 Å². The van der Waals surface area contributed by atoms with Crippen molar-refractivity contribution in [2.45, 2.75) is 43.4 Å². The third-order valence-corrected chi connectivity index (χ3v) is 8.57. The highest BCUT2D eigenvalue weighted by Gasteiger charge is 2.23. The number of anilines is 1. The van der Waals surface area contributed by atoms with Gasteiger partial charge in [-0.2, -0.15) is 4.98 Å². The van der Waals surface area contributed by atoms with Crippen LogP contribution in [0.15, 0.2) is 113 Å². The first kappa shape index (κ1) is 30.5. The number of aromatic nitrogens is 2. The number of amides is 2. The van der Waals surface area contributed by atoms with Gasteiger partial charge in [0, 0.05) is 17.7 Å². The summed E-state index contributed by atoms with van der Waals surface area (Å²) in [6.07, 6.45) is 1.35.